The summed E-state index contributed by atoms with van der Waals surface area (Å²) in [6, 6.07) is 12.0. The van der Waals surface area contributed by atoms with Crippen molar-refractivity contribution in [1.82, 2.24) is 34.9 Å². The van der Waals surface area contributed by atoms with E-state index in [-0.39, 0.29) is 11.9 Å². The van der Waals surface area contributed by atoms with Crippen LogP contribution >= 0.6 is 0 Å². The van der Waals surface area contributed by atoms with Crippen LogP contribution in [0.4, 0.5) is 11.8 Å². The molecule has 0 saturated carbocycles. The normalized spacial score (nSPS) is 12.7. The summed E-state index contributed by atoms with van der Waals surface area (Å²) in [5.74, 6) is 0.402. The van der Waals surface area contributed by atoms with Crippen molar-refractivity contribution in [2.45, 2.75) is 25.9 Å². The molecule has 20 nitrogen and oxygen atoms in total. The van der Waals surface area contributed by atoms with Crippen LogP contribution in [0.1, 0.15) is 23.1 Å². The predicted molar refractivity (Wildman–Crippen MR) is 227 cm³/mol. The number of nitrogens with zero attached hydrogens (tertiary/aromatic N) is 6. The van der Waals surface area contributed by atoms with E-state index in [1.807, 2.05) is 21.7 Å². The molecule has 1 aliphatic rings. The molecule has 62 heavy (non-hydrogen) atoms. The van der Waals surface area contributed by atoms with Gasteiger partial charge >= 0.3 is 0 Å². The van der Waals surface area contributed by atoms with Crippen LogP contribution in [0.25, 0.3) is 33.4 Å². The van der Waals surface area contributed by atoms with Gasteiger partial charge in [0.1, 0.15) is 23.4 Å². The Kier molecular flexibility index (Phi) is 19.1. The summed E-state index contributed by atoms with van der Waals surface area (Å²) in [6.45, 7) is 9.42. The summed E-state index contributed by atoms with van der Waals surface area (Å²) in [5.41, 5.74) is 18.8. The maximum atomic E-state index is 13.0. The lowest BCUT2D eigenvalue weighted by Gasteiger charge is -2.29. The maximum absolute atomic E-state index is 13.0. The largest absolute Gasteiger partial charge is 0.424 e. The minimum Gasteiger partial charge on any atom is -0.424 e. The average Bonchev–Trinajstić information content (AvgIpc) is 3.85. The zero-order chi connectivity index (χ0) is 43.2. The Morgan fingerprint density at radius 2 is 1.35 bits per heavy atom. The number of aromatic nitrogens is 5. The van der Waals surface area contributed by atoms with Crippen molar-refractivity contribution < 1.29 is 51.9 Å². The summed E-state index contributed by atoms with van der Waals surface area (Å²) < 4.78 is 51.2. The number of rotatable bonds is 31. The molecule has 0 spiro atoms. The van der Waals surface area contributed by atoms with E-state index in [1.54, 1.807) is 6.07 Å². The Hall–Kier alpha value is -5.32. The minimum atomic E-state index is 0.0646. The summed E-state index contributed by atoms with van der Waals surface area (Å²) in [4.78, 5) is 38.0. The molecule has 3 aromatic heterocycles. The highest BCUT2D eigenvalue weighted by molar-refractivity contribution is 5.99. The van der Waals surface area contributed by atoms with E-state index in [9.17, 15) is 9.59 Å². The van der Waals surface area contributed by atoms with Crippen molar-refractivity contribution in [3.63, 3.8) is 0 Å². The van der Waals surface area contributed by atoms with Gasteiger partial charge in [-0.05, 0) is 41.3 Å². The SMILES string of the molecule is Nc1nc2cc(-c3nn(Cc4ccc5c(c4)CCN(C(=O)CCOCCOCCOCCOCCOCCOCCOCCOCCNC=O)C5)c4ncnc(N)c34)ccc2o1. The third-order valence-corrected chi connectivity index (χ3v) is 9.74. The number of fused-ring (bicyclic) bond motifs is 3. The van der Waals surface area contributed by atoms with Crippen LogP contribution < -0.4 is 16.8 Å². The number of carbonyl (C=O) groups is 2. The molecule has 6 rings (SSSR count). The molecule has 2 amide bonds. The Bertz CT molecular complexity index is 2130. The fraction of sp³-hybridized carbons (Fsp3) is 0.524. The minimum absolute atomic E-state index is 0.0646. The van der Waals surface area contributed by atoms with Crippen LogP contribution in [0.5, 0.6) is 0 Å². The highest BCUT2D eigenvalue weighted by Crippen LogP contribution is 2.33. The Labute approximate surface area is 359 Å². The highest BCUT2D eigenvalue weighted by Gasteiger charge is 2.22. The lowest BCUT2D eigenvalue weighted by Crippen LogP contribution is -2.36. The monoisotopic (exact) mass is 863 g/mol. The molecule has 1 aliphatic heterocycles. The molecule has 0 bridgehead atoms. The molecule has 0 aliphatic carbocycles. The first kappa shape index (κ1) is 46.2. The van der Waals surface area contributed by atoms with Gasteiger partial charge in [0.25, 0.3) is 6.01 Å². The van der Waals surface area contributed by atoms with Gasteiger partial charge in [0, 0.05) is 25.2 Å². The average molecular weight is 864 g/mol. The second-order valence-electron chi connectivity index (χ2n) is 14.1. The van der Waals surface area contributed by atoms with Crippen LogP contribution in [0.15, 0.2) is 47.1 Å². The Morgan fingerprint density at radius 3 is 1.98 bits per heavy atom. The van der Waals surface area contributed by atoms with Gasteiger partial charge in [-0.1, -0.05) is 18.2 Å². The summed E-state index contributed by atoms with van der Waals surface area (Å²) in [7, 11) is 0. The van der Waals surface area contributed by atoms with Crippen molar-refractivity contribution in [1.29, 1.82) is 0 Å². The fourth-order valence-electron chi connectivity index (χ4n) is 6.67. The number of anilines is 2. The summed E-state index contributed by atoms with van der Waals surface area (Å²) in [6.07, 6.45) is 3.15. The van der Waals surface area contributed by atoms with Gasteiger partial charge in [-0.3, -0.25) is 9.59 Å². The molecule has 0 atom stereocenters. The number of oxazole rings is 1. The van der Waals surface area contributed by atoms with Crippen molar-refractivity contribution in [3.05, 3.63) is 59.4 Å². The number of benzene rings is 2. The van der Waals surface area contributed by atoms with E-state index in [4.69, 9.17) is 58.9 Å². The lowest BCUT2D eigenvalue weighted by atomic mass is 9.97. The molecule has 5 aromatic rings. The first-order chi connectivity index (χ1) is 30.5. The highest BCUT2D eigenvalue weighted by atomic mass is 16.6. The van der Waals surface area contributed by atoms with Gasteiger partial charge in [-0.25, -0.2) is 14.6 Å². The molecule has 0 unspecified atom stereocenters. The number of hydrogen-bond acceptors (Lipinski definition) is 17. The van der Waals surface area contributed by atoms with Crippen LogP contribution in [0.2, 0.25) is 0 Å². The summed E-state index contributed by atoms with van der Waals surface area (Å²) in [5, 5.41) is 8.10. The van der Waals surface area contributed by atoms with Crippen molar-refractivity contribution in [3.8, 4) is 11.3 Å². The summed E-state index contributed by atoms with van der Waals surface area (Å²) >= 11 is 0. The van der Waals surface area contributed by atoms with Crippen LogP contribution in [0.3, 0.4) is 0 Å². The molecule has 2 aromatic carbocycles. The molecule has 0 saturated heterocycles. The van der Waals surface area contributed by atoms with Gasteiger partial charge in [-0.2, -0.15) is 10.1 Å². The van der Waals surface area contributed by atoms with Gasteiger partial charge in [0.2, 0.25) is 12.3 Å². The van der Waals surface area contributed by atoms with E-state index in [0.29, 0.717) is 178 Å². The maximum Gasteiger partial charge on any atom is 0.292 e. The molecule has 20 heteroatoms. The van der Waals surface area contributed by atoms with Gasteiger partial charge in [0.05, 0.1) is 124 Å². The molecule has 336 valence electrons. The smallest absolute Gasteiger partial charge is 0.292 e. The molecule has 0 radical (unpaired) electrons. The zero-order valence-corrected chi connectivity index (χ0v) is 35.0. The molecule has 4 heterocycles. The third-order valence-electron chi connectivity index (χ3n) is 9.74. The van der Waals surface area contributed by atoms with Gasteiger partial charge in [-0.15, -0.1) is 0 Å². The third kappa shape index (κ3) is 14.4. The second kappa shape index (κ2) is 25.6. The lowest BCUT2D eigenvalue weighted by molar-refractivity contribution is -0.133. The van der Waals surface area contributed by atoms with E-state index in [2.05, 4.69) is 38.5 Å². The number of nitrogens with one attached hydrogen (secondary N) is 1. The van der Waals surface area contributed by atoms with Crippen molar-refractivity contribution >= 4 is 46.3 Å². The number of carbonyl (C=O) groups excluding carboxylic acids is 2. The van der Waals surface area contributed by atoms with Crippen LogP contribution in [-0.2, 0) is 67.0 Å². The van der Waals surface area contributed by atoms with Crippen molar-refractivity contribution in [2.24, 2.45) is 0 Å². The molecular formula is C42H57N9O11. The Morgan fingerprint density at radius 1 is 0.742 bits per heavy atom. The molecule has 0 fully saturated rings. The van der Waals surface area contributed by atoms with E-state index in [1.165, 1.54) is 11.9 Å². The van der Waals surface area contributed by atoms with E-state index >= 15 is 0 Å². The number of amides is 2. The molecule has 5 N–H and O–H groups in total. The quantitative estimate of drug-likeness (QED) is 0.0426. The Balaban J connectivity index is 0.767. The topological polar surface area (TPSA) is 245 Å². The number of nitrogen functional groups attached to an aromatic ring is 2. The predicted octanol–water partition coefficient (Wildman–Crippen LogP) is 2.00. The van der Waals surface area contributed by atoms with Crippen LogP contribution in [0, 0.1) is 0 Å². The first-order valence-corrected chi connectivity index (χ1v) is 20.8. The van der Waals surface area contributed by atoms with E-state index < -0.39 is 0 Å². The van der Waals surface area contributed by atoms with Crippen LogP contribution in [-0.4, -0.2) is 161 Å². The standard InChI is InChI=1S/C42H57N9O11/c43-40-38-39(33-3-4-36-35(26-33)48-42(44)62-36)49-51(41(38)47-29-46-40)27-31-1-2-34-28-50(8-5-32(34)25-31)37(53)6-9-54-11-13-56-15-17-58-19-21-60-23-24-61-22-20-59-18-16-57-14-12-55-10-7-45-30-52/h1-4,25-26,29-30H,5-24,27-28H2,(H2,44,48)(H,45,52)(H2,43,46,47). The fourth-order valence-corrected chi connectivity index (χ4v) is 6.67. The van der Waals surface area contributed by atoms with Gasteiger partial charge in [0.15, 0.2) is 11.2 Å². The number of ether oxygens (including phenoxy) is 8. The number of nitrogens with two attached hydrogens (primary N) is 2. The molecular weight excluding hydrogens is 807 g/mol. The van der Waals surface area contributed by atoms with Gasteiger partial charge < -0.3 is 64.0 Å². The first-order valence-electron chi connectivity index (χ1n) is 20.8. The van der Waals surface area contributed by atoms with E-state index in [0.717, 1.165) is 23.1 Å². The second-order valence-corrected chi connectivity index (χ2v) is 14.1. The number of hydrogen-bond donors (Lipinski definition) is 3. The zero-order valence-electron chi connectivity index (χ0n) is 35.0. The van der Waals surface area contributed by atoms with Crippen molar-refractivity contribution in [2.75, 3.05) is 130 Å².